The molecule has 1 heterocycles. The van der Waals surface area contributed by atoms with Gasteiger partial charge in [-0.3, -0.25) is 48.1 Å². The number of rotatable bonds is 36. The summed E-state index contributed by atoms with van der Waals surface area (Å²) < 4.78 is 0. The lowest BCUT2D eigenvalue weighted by atomic mass is 10.0. The van der Waals surface area contributed by atoms with Gasteiger partial charge in [0.15, 0.2) is 5.96 Å². The summed E-state index contributed by atoms with van der Waals surface area (Å²) in [5, 5.41) is 50.9. The molecule has 0 bridgehead atoms. The fraction of sp³-hybridized carbons (Fsp3) is 0.596. The number of nitrogens with one attached hydrogen (secondary N) is 9. The SMILES string of the molecule is CN[C@@H](CCSC)C(=O)N[C@H](C(=O)N[C@@H](CC(=O)O)C(=O)N[C@@H](CCCCN)C(=O)N[C@@H](Cc1ccc(O)cc1)C(=O)N[C@@H](CCCN=C(N)N)C(=O)N[C@@H](CC(C)C)C(=O)N[C@H](Cc1cnc[nH]1)C(N)=O)[C@@H](C)O. The van der Waals surface area contributed by atoms with E-state index in [2.05, 4.69) is 57.5 Å². The number of hydrogen-bond acceptors (Lipinski definition) is 16. The van der Waals surface area contributed by atoms with Crippen molar-refractivity contribution < 1.29 is 58.5 Å². The average Bonchev–Trinajstić information content (AvgIpc) is 3.86. The number of thioether (sulfide) groups is 1. The van der Waals surface area contributed by atoms with Crippen LogP contribution in [0.2, 0.25) is 0 Å². The Balaban J connectivity index is 2.53. The number of aromatic amines is 1. The highest BCUT2D eigenvalue weighted by molar-refractivity contribution is 7.98. The molecule has 0 aliphatic rings. The summed E-state index contributed by atoms with van der Waals surface area (Å²) in [6, 6.07) is -5.41. The number of aliphatic carboxylic acids is 1. The number of carbonyl (C=O) groups is 9. The number of aliphatic hydroxyl groups excluding tert-OH is 1. The Morgan fingerprint density at radius 1 is 0.680 bits per heavy atom. The largest absolute Gasteiger partial charge is 0.508 e. The number of phenols is 1. The molecule has 2 rings (SSSR count). The van der Waals surface area contributed by atoms with E-state index in [1.54, 1.807) is 13.8 Å². The molecule has 9 atom stereocenters. The first-order chi connectivity index (χ1) is 35.5. The van der Waals surface area contributed by atoms with Crippen molar-refractivity contribution in [3.05, 3.63) is 48.0 Å². The number of aromatic nitrogens is 2. The second-order valence-corrected chi connectivity index (χ2v) is 19.2. The Hall–Kier alpha value is -7.04. The summed E-state index contributed by atoms with van der Waals surface area (Å²) in [6.45, 7) is 5.02. The van der Waals surface area contributed by atoms with Crippen LogP contribution < -0.4 is 65.5 Å². The number of aliphatic imine (C=N–C) groups is 1. The van der Waals surface area contributed by atoms with Crippen LogP contribution in [0, 0.1) is 5.92 Å². The van der Waals surface area contributed by atoms with Crippen molar-refractivity contribution in [3.8, 4) is 5.75 Å². The maximum Gasteiger partial charge on any atom is 0.305 e. The number of nitrogens with two attached hydrogens (primary N) is 4. The number of hydrogen-bond donors (Lipinski definition) is 16. The number of nitrogens with zero attached hydrogens (tertiary/aromatic N) is 2. The molecular formula is C47H77N15O12S. The molecule has 28 heteroatoms. The van der Waals surface area contributed by atoms with Gasteiger partial charge >= 0.3 is 5.97 Å². The molecule has 0 unspecified atom stereocenters. The van der Waals surface area contributed by atoms with Gasteiger partial charge in [0, 0.05) is 31.3 Å². The van der Waals surface area contributed by atoms with Crippen LogP contribution in [0.1, 0.15) is 83.4 Å². The summed E-state index contributed by atoms with van der Waals surface area (Å²) >= 11 is 1.48. The first-order valence-corrected chi connectivity index (χ1v) is 25.9. The molecule has 1 aromatic heterocycles. The molecule has 0 spiro atoms. The Morgan fingerprint density at radius 2 is 1.21 bits per heavy atom. The smallest absolute Gasteiger partial charge is 0.305 e. The molecule has 0 saturated carbocycles. The first kappa shape index (κ1) is 64.1. The van der Waals surface area contributed by atoms with E-state index >= 15 is 0 Å². The predicted molar refractivity (Wildman–Crippen MR) is 279 cm³/mol. The Morgan fingerprint density at radius 3 is 1.73 bits per heavy atom. The Kier molecular flexibility index (Phi) is 28.8. The van der Waals surface area contributed by atoms with Gasteiger partial charge in [-0.2, -0.15) is 11.8 Å². The third-order valence-electron chi connectivity index (χ3n) is 11.5. The average molecular weight is 1080 g/mol. The van der Waals surface area contributed by atoms with E-state index in [-0.39, 0.29) is 75.7 Å². The number of likely N-dealkylation sites (N-methyl/N-ethyl adjacent to an activating group) is 1. The number of primary amides is 1. The molecule has 418 valence electrons. The van der Waals surface area contributed by atoms with E-state index < -0.39 is 114 Å². The number of unbranched alkanes of at least 4 members (excludes halogenated alkanes) is 1. The molecular weight excluding hydrogens is 999 g/mol. The van der Waals surface area contributed by atoms with E-state index in [4.69, 9.17) is 22.9 Å². The molecule has 1 aromatic carbocycles. The van der Waals surface area contributed by atoms with E-state index in [9.17, 15) is 58.5 Å². The van der Waals surface area contributed by atoms with Gasteiger partial charge in [0.2, 0.25) is 47.3 Å². The quantitative estimate of drug-likeness (QED) is 0.0177. The minimum atomic E-state index is -1.84. The van der Waals surface area contributed by atoms with Crippen LogP contribution in [0.3, 0.4) is 0 Å². The van der Waals surface area contributed by atoms with Gasteiger partial charge in [-0.1, -0.05) is 26.0 Å². The number of phenolic OH excluding ortho intramolecular Hbond substituents is 1. The lowest BCUT2D eigenvalue weighted by molar-refractivity contribution is -0.142. The summed E-state index contributed by atoms with van der Waals surface area (Å²) in [5.74, 6) is -8.61. The standard InChI is InChI=1S/C47H77N15O12S/c1-25(2)19-34(43(71)58-33(39(49)67)21-28-23-53-24-55-28)59-42(70)32(10-8-17-54-47(50)51)57-44(72)35(20-27-11-13-29(64)14-12-27)60-41(69)31(9-6-7-16-48)56-45(73)36(22-37(65)66)61-46(74)38(26(3)63)62-40(68)30(52-4)15-18-75-5/h11-14,23-26,30-36,38,52,63-64H,6-10,15-22,48H2,1-5H3,(H2,49,67)(H,53,55)(H,56,73)(H,57,72)(H,58,71)(H,59,70)(H,60,69)(H,61,74)(H,62,68)(H,65,66)(H4,50,51,54)/t26-,30+,31+,32+,33-,34+,35+,36+,38+/m1/s1. The van der Waals surface area contributed by atoms with Gasteiger partial charge in [0.05, 0.1) is 24.9 Å². The molecule has 0 aliphatic heterocycles. The van der Waals surface area contributed by atoms with E-state index in [0.717, 1.165) is 0 Å². The molecule has 75 heavy (non-hydrogen) atoms. The van der Waals surface area contributed by atoms with E-state index in [1.807, 2.05) is 6.26 Å². The summed E-state index contributed by atoms with van der Waals surface area (Å²) in [7, 11) is 1.54. The fourth-order valence-corrected chi connectivity index (χ4v) is 7.93. The van der Waals surface area contributed by atoms with Crippen LogP contribution in [0.15, 0.2) is 41.8 Å². The van der Waals surface area contributed by atoms with E-state index in [1.165, 1.54) is 62.5 Å². The third kappa shape index (κ3) is 24.2. The second kappa shape index (κ2) is 33.7. The monoisotopic (exact) mass is 1080 g/mol. The maximum absolute atomic E-state index is 14.5. The lowest BCUT2D eigenvalue weighted by Gasteiger charge is -2.28. The van der Waals surface area contributed by atoms with Gasteiger partial charge in [-0.15, -0.1) is 0 Å². The van der Waals surface area contributed by atoms with Crippen LogP contribution >= 0.6 is 11.8 Å². The van der Waals surface area contributed by atoms with Crippen LogP contribution in [-0.4, -0.2) is 171 Å². The van der Waals surface area contributed by atoms with Gasteiger partial charge in [0.25, 0.3) is 0 Å². The number of amides is 8. The zero-order valence-corrected chi connectivity index (χ0v) is 43.9. The zero-order chi connectivity index (χ0) is 56.2. The molecule has 0 fully saturated rings. The summed E-state index contributed by atoms with van der Waals surface area (Å²) in [6.07, 6.45) is 2.91. The molecule has 27 nitrogen and oxygen atoms in total. The number of aromatic hydroxyl groups is 1. The highest BCUT2D eigenvalue weighted by Crippen LogP contribution is 2.14. The van der Waals surface area contributed by atoms with Gasteiger partial charge in [0.1, 0.15) is 48.0 Å². The molecule has 20 N–H and O–H groups in total. The van der Waals surface area contributed by atoms with Gasteiger partial charge in [-0.05, 0) is 101 Å². The molecule has 0 radical (unpaired) electrons. The van der Waals surface area contributed by atoms with Crippen LogP contribution in [-0.2, 0) is 56.0 Å². The number of carbonyl (C=O) groups excluding carboxylic acids is 8. The number of guanidine groups is 1. The van der Waals surface area contributed by atoms with Crippen LogP contribution in [0.5, 0.6) is 5.75 Å². The number of imidazole rings is 1. The maximum atomic E-state index is 14.5. The van der Waals surface area contributed by atoms with Crippen molar-refractivity contribution in [1.82, 2.24) is 52.5 Å². The summed E-state index contributed by atoms with van der Waals surface area (Å²) in [5.41, 5.74) is 23.3. The first-order valence-electron chi connectivity index (χ1n) is 24.5. The van der Waals surface area contributed by atoms with Crippen molar-refractivity contribution in [1.29, 1.82) is 0 Å². The number of carboxylic acid groups (broad SMARTS) is 1. The number of aliphatic hydroxyl groups is 1. The third-order valence-corrected chi connectivity index (χ3v) is 12.1. The minimum Gasteiger partial charge on any atom is -0.508 e. The molecule has 0 aliphatic carbocycles. The Bertz CT molecular complexity index is 2200. The number of H-pyrrole nitrogens is 1. The molecule has 2 aromatic rings. The van der Waals surface area contributed by atoms with E-state index in [0.29, 0.717) is 29.9 Å². The second-order valence-electron chi connectivity index (χ2n) is 18.2. The zero-order valence-electron chi connectivity index (χ0n) is 43.1. The van der Waals surface area contributed by atoms with Crippen LogP contribution in [0.4, 0.5) is 0 Å². The van der Waals surface area contributed by atoms with Gasteiger partial charge < -0.3 is 85.8 Å². The minimum absolute atomic E-state index is 0.0242. The summed E-state index contributed by atoms with van der Waals surface area (Å²) in [4.78, 5) is 133. The topological polar surface area (TPSA) is 456 Å². The normalized spacial score (nSPS) is 14.7. The van der Waals surface area contributed by atoms with Crippen molar-refractivity contribution in [2.45, 2.75) is 139 Å². The molecule has 0 saturated heterocycles. The fourth-order valence-electron chi connectivity index (χ4n) is 7.46. The van der Waals surface area contributed by atoms with Crippen molar-refractivity contribution in [2.24, 2.45) is 33.8 Å². The number of carboxylic acids is 1. The van der Waals surface area contributed by atoms with Crippen molar-refractivity contribution in [3.63, 3.8) is 0 Å². The predicted octanol–water partition coefficient (Wildman–Crippen LogP) is -3.80. The lowest BCUT2D eigenvalue weighted by Crippen LogP contribution is -2.61. The Labute approximate surface area is 439 Å². The highest BCUT2D eigenvalue weighted by atomic mass is 32.2. The van der Waals surface area contributed by atoms with Crippen LogP contribution in [0.25, 0.3) is 0 Å². The molecule has 8 amide bonds. The number of benzene rings is 1. The van der Waals surface area contributed by atoms with Crippen molar-refractivity contribution >= 4 is 70.9 Å². The highest BCUT2D eigenvalue weighted by Gasteiger charge is 2.36. The van der Waals surface area contributed by atoms with Gasteiger partial charge in [-0.25, -0.2) is 4.98 Å². The van der Waals surface area contributed by atoms with Crippen molar-refractivity contribution in [2.75, 3.05) is 32.1 Å².